The normalized spacial score (nSPS) is 27.0. The summed E-state index contributed by atoms with van der Waals surface area (Å²) in [7, 11) is 0. The van der Waals surface area contributed by atoms with Gasteiger partial charge in [0.15, 0.2) is 0 Å². The summed E-state index contributed by atoms with van der Waals surface area (Å²) in [6, 6.07) is 10.5. The van der Waals surface area contributed by atoms with Crippen molar-refractivity contribution in [1.29, 1.82) is 0 Å². The first-order chi connectivity index (χ1) is 11.3. The van der Waals surface area contributed by atoms with E-state index in [0.29, 0.717) is 18.6 Å². The Kier molecular flexibility index (Phi) is 5.88. The monoisotopic (exact) mass is 318 g/mol. The van der Waals surface area contributed by atoms with E-state index in [2.05, 4.69) is 10.6 Å². The second kappa shape index (κ2) is 8.31. The molecular formula is C18H26N2O3. The standard InChI is InChI=1S/C18H26N2O3/c21-18(23-13-14-5-2-1-3-6-14)20-17-9-16(10-17)19-11-15-7-4-8-22-12-15/h1-3,5-6,15-17,19H,4,7-13H2,(H,20,21). The zero-order valence-electron chi connectivity index (χ0n) is 13.5. The number of nitrogens with one attached hydrogen (secondary N) is 2. The molecule has 0 bridgehead atoms. The van der Waals surface area contributed by atoms with Gasteiger partial charge in [0.2, 0.25) is 0 Å². The molecule has 1 aromatic rings. The van der Waals surface area contributed by atoms with Crippen molar-refractivity contribution in [2.24, 2.45) is 5.92 Å². The van der Waals surface area contributed by atoms with Crippen molar-refractivity contribution < 1.29 is 14.3 Å². The van der Waals surface area contributed by atoms with Crippen LogP contribution in [0, 0.1) is 5.92 Å². The van der Waals surface area contributed by atoms with E-state index in [1.807, 2.05) is 30.3 Å². The first-order valence-corrected chi connectivity index (χ1v) is 8.58. The second-order valence-electron chi connectivity index (χ2n) is 6.56. The summed E-state index contributed by atoms with van der Waals surface area (Å²) in [5.41, 5.74) is 1.01. The number of carbonyl (C=O) groups excluding carboxylic acids is 1. The van der Waals surface area contributed by atoms with Crippen LogP contribution in [0.5, 0.6) is 0 Å². The quantitative estimate of drug-likeness (QED) is 0.846. The minimum Gasteiger partial charge on any atom is -0.445 e. The van der Waals surface area contributed by atoms with Gasteiger partial charge in [-0.05, 0) is 37.2 Å². The molecule has 0 aromatic heterocycles. The van der Waals surface area contributed by atoms with Crippen LogP contribution in [-0.4, -0.2) is 37.9 Å². The smallest absolute Gasteiger partial charge is 0.407 e. The van der Waals surface area contributed by atoms with Crippen LogP contribution in [0.1, 0.15) is 31.2 Å². The predicted octanol–water partition coefficient (Wildman–Crippen LogP) is 2.46. The van der Waals surface area contributed by atoms with E-state index < -0.39 is 0 Å². The molecule has 23 heavy (non-hydrogen) atoms. The van der Waals surface area contributed by atoms with Crippen molar-refractivity contribution >= 4 is 6.09 Å². The Bertz CT molecular complexity index is 482. The van der Waals surface area contributed by atoms with Crippen LogP contribution in [0.25, 0.3) is 0 Å². The number of rotatable bonds is 6. The Labute approximate surface area is 137 Å². The fourth-order valence-electron chi connectivity index (χ4n) is 3.14. The molecule has 3 rings (SSSR count). The predicted molar refractivity (Wildman–Crippen MR) is 88.1 cm³/mol. The molecule has 0 radical (unpaired) electrons. The van der Waals surface area contributed by atoms with E-state index in [1.165, 1.54) is 12.8 Å². The molecule has 5 heteroatoms. The third-order valence-electron chi connectivity index (χ3n) is 4.62. The van der Waals surface area contributed by atoms with Crippen molar-refractivity contribution in [1.82, 2.24) is 10.6 Å². The number of carbonyl (C=O) groups is 1. The maximum atomic E-state index is 11.8. The van der Waals surface area contributed by atoms with E-state index in [0.717, 1.165) is 38.2 Å². The molecule has 1 aliphatic heterocycles. The van der Waals surface area contributed by atoms with Crippen LogP contribution < -0.4 is 10.6 Å². The number of alkyl carbamates (subject to hydrolysis) is 1. The van der Waals surface area contributed by atoms with E-state index in [1.54, 1.807) is 0 Å². The first-order valence-electron chi connectivity index (χ1n) is 8.58. The van der Waals surface area contributed by atoms with Crippen molar-refractivity contribution in [2.75, 3.05) is 19.8 Å². The molecule has 1 saturated heterocycles. The van der Waals surface area contributed by atoms with E-state index in [-0.39, 0.29) is 12.1 Å². The lowest BCUT2D eigenvalue weighted by atomic mass is 9.86. The van der Waals surface area contributed by atoms with Gasteiger partial charge in [0.1, 0.15) is 6.61 Å². The largest absolute Gasteiger partial charge is 0.445 e. The Balaban J connectivity index is 1.25. The van der Waals surface area contributed by atoms with Crippen molar-refractivity contribution in [3.63, 3.8) is 0 Å². The lowest BCUT2D eigenvalue weighted by Crippen LogP contribution is -2.53. The van der Waals surface area contributed by atoms with Crippen LogP contribution in [0.15, 0.2) is 30.3 Å². The van der Waals surface area contributed by atoms with Gasteiger partial charge in [-0.2, -0.15) is 0 Å². The third kappa shape index (κ3) is 5.22. The average molecular weight is 318 g/mol. The van der Waals surface area contributed by atoms with Gasteiger partial charge in [0.05, 0.1) is 6.61 Å². The summed E-state index contributed by atoms with van der Waals surface area (Å²) in [5.74, 6) is 0.645. The van der Waals surface area contributed by atoms with Crippen LogP contribution in [-0.2, 0) is 16.1 Å². The number of hydrogen-bond acceptors (Lipinski definition) is 4. The molecule has 1 atom stereocenters. The maximum Gasteiger partial charge on any atom is 0.407 e. The van der Waals surface area contributed by atoms with Gasteiger partial charge in [-0.25, -0.2) is 4.79 Å². The van der Waals surface area contributed by atoms with E-state index >= 15 is 0 Å². The molecule has 2 fully saturated rings. The summed E-state index contributed by atoms with van der Waals surface area (Å²) in [6.07, 6.45) is 4.07. The molecule has 0 spiro atoms. The minimum absolute atomic E-state index is 0.235. The van der Waals surface area contributed by atoms with Gasteiger partial charge in [-0.15, -0.1) is 0 Å². The van der Waals surface area contributed by atoms with Crippen LogP contribution in [0.2, 0.25) is 0 Å². The van der Waals surface area contributed by atoms with E-state index in [4.69, 9.17) is 9.47 Å². The second-order valence-corrected chi connectivity index (χ2v) is 6.56. The number of hydrogen-bond donors (Lipinski definition) is 2. The van der Waals surface area contributed by atoms with Crippen molar-refractivity contribution in [2.45, 2.75) is 44.4 Å². The zero-order valence-corrected chi connectivity index (χ0v) is 13.5. The molecule has 1 unspecified atom stereocenters. The minimum atomic E-state index is -0.321. The fourth-order valence-corrected chi connectivity index (χ4v) is 3.14. The molecule has 2 aliphatic rings. The van der Waals surface area contributed by atoms with E-state index in [9.17, 15) is 4.79 Å². The number of amides is 1. The van der Waals surface area contributed by atoms with Crippen LogP contribution >= 0.6 is 0 Å². The van der Waals surface area contributed by atoms with Gasteiger partial charge in [0, 0.05) is 25.2 Å². The molecule has 1 aliphatic carbocycles. The van der Waals surface area contributed by atoms with Crippen LogP contribution in [0.3, 0.4) is 0 Å². The molecule has 1 amide bonds. The Morgan fingerprint density at radius 1 is 1.22 bits per heavy atom. The topological polar surface area (TPSA) is 59.6 Å². The highest BCUT2D eigenvalue weighted by atomic mass is 16.5. The molecule has 1 heterocycles. The summed E-state index contributed by atoms with van der Waals surface area (Å²) < 4.78 is 10.7. The van der Waals surface area contributed by atoms with Gasteiger partial charge in [0.25, 0.3) is 0 Å². The van der Waals surface area contributed by atoms with Gasteiger partial charge < -0.3 is 20.1 Å². The lowest BCUT2D eigenvalue weighted by Gasteiger charge is -2.37. The van der Waals surface area contributed by atoms with Gasteiger partial charge in [-0.1, -0.05) is 30.3 Å². The maximum absolute atomic E-state index is 11.8. The Morgan fingerprint density at radius 2 is 2.04 bits per heavy atom. The number of benzene rings is 1. The summed E-state index contributed by atoms with van der Waals surface area (Å²) >= 11 is 0. The third-order valence-corrected chi connectivity index (χ3v) is 4.62. The first kappa shape index (κ1) is 16.3. The lowest BCUT2D eigenvalue weighted by molar-refractivity contribution is 0.0516. The highest BCUT2D eigenvalue weighted by Gasteiger charge is 2.30. The van der Waals surface area contributed by atoms with Crippen LogP contribution in [0.4, 0.5) is 4.79 Å². The molecule has 1 saturated carbocycles. The molecular weight excluding hydrogens is 292 g/mol. The summed E-state index contributed by atoms with van der Waals surface area (Å²) in [6.45, 7) is 3.14. The summed E-state index contributed by atoms with van der Waals surface area (Å²) in [5, 5.41) is 6.51. The van der Waals surface area contributed by atoms with Gasteiger partial charge in [-0.3, -0.25) is 0 Å². The average Bonchev–Trinajstić information content (AvgIpc) is 2.57. The number of ether oxygens (including phenoxy) is 2. The highest BCUT2D eigenvalue weighted by molar-refractivity contribution is 5.67. The molecule has 126 valence electrons. The summed E-state index contributed by atoms with van der Waals surface area (Å²) in [4.78, 5) is 11.8. The van der Waals surface area contributed by atoms with Crippen molar-refractivity contribution in [3.05, 3.63) is 35.9 Å². The SMILES string of the molecule is O=C(NC1CC(NCC2CCCOC2)C1)OCc1ccccc1. The fraction of sp³-hybridized carbons (Fsp3) is 0.611. The van der Waals surface area contributed by atoms with Gasteiger partial charge >= 0.3 is 6.09 Å². The Morgan fingerprint density at radius 3 is 2.78 bits per heavy atom. The highest BCUT2D eigenvalue weighted by Crippen LogP contribution is 2.21. The Hall–Kier alpha value is -1.59. The molecule has 1 aromatic carbocycles. The van der Waals surface area contributed by atoms with Crippen molar-refractivity contribution in [3.8, 4) is 0 Å². The molecule has 2 N–H and O–H groups in total. The zero-order chi connectivity index (χ0) is 15.9. The molecule has 5 nitrogen and oxygen atoms in total.